The zero-order valence-electron chi connectivity index (χ0n) is 8.74. The van der Waals surface area contributed by atoms with Crippen LogP contribution in [-0.4, -0.2) is 33.5 Å². The number of aromatic amines is 2. The summed E-state index contributed by atoms with van der Waals surface area (Å²) in [5.74, 6) is -1.50. The maximum Gasteiger partial charge on any atom is 0.323 e. The van der Waals surface area contributed by atoms with Gasteiger partial charge in [-0.1, -0.05) is 6.92 Å². The summed E-state index contributed by atoms with van der Waals surface area (Å²) in [6, 6.07) is 0. The number of nitrogens with one attached hydrogen (secondary N) is 3. The Morgan fingerprint density at radius 1 is 1.56 bits per heavy atom. The Labute approximate surface area is 90.9 Å². The normalized spacial score (nSPS) is 12.1. The van der Waals surface area contributed by atoms with Gasteiger partial charge in [0, 0.05) is 19.2 Å². The Balaban J connectivity index is 2.41. The van der Waals surface area contributed by atoms with Crippen molar-refractivity contribution < 1.29 is 14.7 Å². The van der Waals surface area contributed by atoms with Gasteiger partial charge in [-0.15, -0.1) is 0 Å². The zero-order chi connectivity index (χ0) is 12.1. The van der Waals surface area contributed by atoms with E-state index in [-0.39, 0.29) is 24.6 Å². The van der Waals surface area contributed by atoms with Crippen LogP contribution in [0.15, 0.2) is 11.0 Å². The van der Waals surface area contributed by atoms with Crippen LogP contribution in [0.1, 0.15) is 23.8 Å². The number of imidazole rings is 1. The Bertz CT molecular complexity index is 434. The van der Waals surface area contributed by atoms with E-state index in [0.717, 1.165) is 0 Å². The van der Waals surface area contributed by atoms with E-state index >= 15 is 0 Å². The third-order valence-corrected chi connectivity index (χ3v) is 1.97. The van der Waals surface area contributed by atoms with Gasteiger partial charge in [0.05, 0.1) is 0 Å². The van der Waals surface area contributed by atoms with Crippen LogP contribution in [0.3, 0.4) is 0 Å². The molecule has 16 heavy (non-hydrogen) atoms. The summed E-state index contributed by atoms with van der Waals surface area (Å²) in [5, 5.41) is 11.0. The number of carboxylic acid groups (broad SMARTS) is 1. The summed E-state index contributed by atoms with van der Waals surface area (Å²) in [6.45, 7) is 1.96. The summed E-state index contributed by atoms with van der Waals surface area (Å²) in [7, 11) is 0. The van der Waals surface area contributed by atoms with E-state index in [2.05, 4.69) is 15.3 Å². The maximum atomic E-state index is 11.4. The second-order valence-corrected chi connectivity index (χ2v) is 3.57. The molecule has 1 heterocycles. The number of H-pyrrole nitrogens is 2. The molecule has 7 nitrogen and oxygen atoms in total. The summed E-state index contributed by atoms with van der Waals surface area (Å²) in [5.41, 5.74) is -0.323. The first-order chi connectivity index (χ1) is 7.49. The van der Waals surface area contributed by atoms with Gasteiger partial charge in [-0.05, 0) is 5.92 Å². The second-order valence-electron chi connectivity index (χ2n) is 3.57. The fraction of sp³-hybridized carbons (Fsp3) is 0.444. The molecule has 0 fully saturated rings. The molecule has 0 aliphatic heterocycles. The van der Waals surface area contributed by atoms with E-state index in [1.807, 2.05) is 0 Å². The molecule has 0 aliphatic rings. The predicted octanol–water partition coefficient (Wildman–Crippen LogP) is -0.456. The number of carbonyl (C=O) groups is 2. The molecule has 88 valence electrons. The van der Waals surface area contributed by atoms with Crippen LogP contribution >= 0.6 is 0 Å². The van der Waals surface area contributed by atoms with Crippen LogP contribution in [-0.2, 0) is 4.79 Å². The second kappa shape index (κ2) is 5.15. The molecule has 0 aliphatic carbocycles. The molecule has 7 heteroatoms. The number of aliphatic carboxylic acids is 1. The van der Waals surface area contributed by atoms with Crippen molar-refractivity contribution in [3.05, 3.63) is 22.4 Å². The van der Waals surface area contributed by atoms with E-state index < -0.39 is 17.6 Å². The first kappa shape index (κ1) is 12.0. The Kier molecular flexibility index (Phi) is 3.87. The van der Waals surface area contributed by atoms with Gasteiger partial charge in [-0.3, -0.25) is 9.59 Å². The molecule has 0 radical (unpaired) electrons. The summed E-state index contributed by atoms with van der Waals surface area (Å²) in [4.78, 5) is 37.1. The van der Waals surface area contributed by atoms with Gasteiger partial charge >= 0.3 is 11.7 Å². The van der Waals surface area contributed by atoms with E-state index in [1.165, 1.54) is 6.20 Å². The maximum absolute atomic E-state index is 11.4. The minimum atomic E-state index is -0.906. The Hall–Kier alpha value is -2.05. The van der Waals surface area contributed by atoms with Crippen LogP contribution < -0.4 is 11.0 Å². The third-order valence-electron chi connectivity index (χ3n) is 1.97. The fourth-order valence-electron chi connectivity index (χ4n) is 1.19. The standard InChI is InChI=1S/C9H13N3O4/c1-5(2-7(13)14)3-10-8(15)6-4-11-9(16)12-6/h4-5H,2-3H2,1H3,(H,10,15)(H,13,14)(H2,11,12,16). The zero-order valence-corrected chi connectivity index (χ0v) is 8.74. The van der Waals surface area contributed by atoms with E-state index in [1.54, 1.807) is 6.92 Å². The molecule has 0 saturated carbocycles. The molecule has 0 aromatic carbocycles. The van der Waals surface area contributed by atoms with Crippen molar-refractivity contribution in [2.45, 2.75) is 13.3 Å². The van der Waals surface area contributed by atoms with Gasteiger partial charge in [0.25, 0.3) is 5.91 Å². The number of hydrogen-bond donors (Lipinski definition) is 4. The number of carboxylic acids is 1. The molecule has 0 saturated heterocycles. The van der Waals surface area contributed by atoms with Crippen molar-refractivity contribution in [1.29, 1.82) is 0 Å². The predicted molar refractivity (Wildman–Crippen MR) is 55.2 cm³/mol. The number of carbonyl (C=O) groups excluding carboxylic acids is 1. The lowest BCUT2D eigenvalue weighted by Gasteiger charge is -2.09. The minimum absolute atomic E-state index is 0.00998. The van der Waals surface area contributed by atoms with Gasteiger partial charge in [-0.25, -0.2) is 4.79 Å². The molecule has 0 spiro atoms. The van der Waals surface area contributed by atoms with Crippen molar-refractivity contribution in [3.63, 3.8) is 0 Å². The van der Waals surface area contributed by atoms with Gasteiger partial charge in [0.15, 0.2) is 0 Å². The first-order valence-electron chi connectivity index (χ1n) is 4.76. The van der Waals surface area contributed by atoms with Crippen molar-refractivity contribution in [2.24, 2.45) is 5.92 Å². The van der Waals surface area contributed by atoms with Crippen LogP contribution in [0.2, 0.25) is 0 Å². The lowest BCUT2D eigenvalue weighted by molar-refractivity contribution is -0.137. The first-order valence-corrected chi connectivity index (χ1v) is 4.76. The average Bonchev–Trinajstić information content (AvgIpc) is 2.60. The number of aromatic nitrogens is 2. The van der Waals surface area contributed by atoms with Crippen molar-refractivity contribution in [3.8, 4) is 0 Å². The Morgan fingerprint density at radius 3 is 2.75 bits per heavy atom. The molecule has 1 aromatic heterocycles. The average molecular weight is 227 g/mol. The van der Waals surface area contributed by atoms with E-state index in [9.17, 15) is 14.4 Å². The molecule has 0 bridgehead atoms. The number of hydrogen-bond acceptors (Lipinski definition) is 3. The summed E-state index contributed by atoms with van der Waals surface area (Å²) in [6.07, 6.45) is 1.25. The highest BCUT2D eigenvalue weighted by atomic mass is 16.4. The largest absolute Gasteiger partial charge is 0.481 e. The fourth-order valence-corrected chi connectivity index (χ4v) is 1.19. The number of rotatable bonds is 5. The quantitative estimate of drug-likeness (QED) is 0.545. The van der Waals surface area contributed by atoms with Gasteiger partial charge in [-0.2, -0.15) is 0 Å². The van der Waals surface area contributed by atoms with Gasteiger partial charge in [0.1, 0.15) is 5.69 Å². The highest BCUT2D eigenvalue weighted by Gasteiger charge is 2.11. The molecule has 1 rings (SSSR count). The minimum Gasteiger partial charge on any atom is -0.481 e. The smallest absolute Gasteiger partial charge is 0.323 e. The third kappa shape index (κ3) is 3.60. The summed E-state index contributed by atoms with van der Waals surface area (Å²) >= 11 is 0. The SMILES string of the molecule is CC(CNC(=O)c1c[nH]c(=O)[nH]1)CC(=O)O. The van der Waals surface area contributed by atoms with Gasteiger partial charge < -0.3 is 20.4 Å². The monoisotopic (exact) mass is 227 g/mol. The lowest BCUT2D eigenvalue weighted by atomic mass is 10.1. The Morgan fingerprint density at radius 2 is 2.25 bits per heavy atom. The topological polar surface area (TPSA) is 115 Å². The highest BCUT2D eigenvalue weighted by Crippen LogP contribution is 1.99. The molecule has 4 N–H and O–H groups in total. The van der Waals surface area contributed by atoms with Crippen molar-refractivity contribution in [2.75, 3.05) is 6.54 Å². The van der Waals surface area contributed by atoms with E-state index in [4.69, 9.17) is 5.11 Å². The molecule has 1 atom stereocenters. The summed E-state index contributed by atoms with van der Waals surface area (Å²) < 4.78 is 0. The molecule has 1 unspecified atom stereocenters. The molecular weight excluding hydrogens is 214 g/mol. The molecule has 1 amide bonds. The van der Waals surface area contributed by atoms with Crippen molar-refractivity contribution >= 4 is 11.9 Å². The van der Waals surface area contributed by atoms with Gasteiger partial charge in [0.2, 0.25) is 0 Å². The van der Waals surface area contributed by atoms with E-state index in [0.29, 0.717) is 0 Å². The van der Waals surface area contributed by atoms with Crippen LogP contribution in [0.5, 0.6) is 0 Å². The van der Waals surface area contributed by atoms with Crippen LogP contribution in [0, 0.1) is 5.92 Å². The number of amides is 1. The van der Waals surface area contributed by atoms with Crippen LogP contribution in [0.4, 0.5) is 0 Å². The lowest BCUT2D eigenvalue weighted by Crippen LogP contribution is -2.29. The molecule has 1 aromatic rings. The van der Waals surface area contributed by atoms with Crippen LogP contribution in [0.25, 0.3) is 0 Å². The molecular formula is C9H13N3O4. The van der Waals surface area contributed by atoms with Crippen molar-refractivity contribution in [1.82, 2.24) is 15.3 Å². The highest BCUT2D eigenvalue weighted by molar-refractivity contribution is 5.91.